The van der Waals surface area contributed by atoms with Crippen molar-refractivity contribution in [1.29, 1.82) is 5.26 Å². The molecule has 1 aromatic rings. The molecule has 31 heavy (non-hydrogen) atoms. The van der Waals surface area contributed by atoms with Gasteiger partial charge in [0.15, 0.2) is 13.1 Å². The van der Waals surface area contributed by atoms with Crippen LogP contribution >= 0.6 is 0 Å². The van der Waals surface area contributed by atoms with Crippen LogP contribution in [-0.2, 0) is 14.3 Å². The standard InChI is InChI=1S/C23H33N5O3/c1-26(17-22(30)27(2)23(18-24)10-4-3-5-11-23)16-21(29)25-19-6-8-20(9-7-19)28-12-14-31-15-13-28/h6-9H,3-5,10-17H2,1-2H3,(H,25,29)/p+1. The molecule has 0 radical (unpaired) electrons. The lowest BCUT2D eigenvalue weighted by Crippen LogP contribution is -3.11. The van der Waals surface area contributed by atoms with Gasteiger partial charge in [-0.25, -0.2) is 0 Å². The number of carbonyl (C=O) groups is 2. The molecule has 2 fully saturated rings. The fourth-order valence-corrected chi connectivity index (χ4v) is 4.39. The number of nitriles is 1. The van der Waals surface area contributed by atoms with Crippen molar-refractivity contribution in [3.8, 4) is 6.07 Å². The van der Waals surface area contributed by atoms with Gasteiger partial charge in [0.1, 0.15) is 5.54 Å². The highest BCUT2D eigenvalue weighted by atomic mass is 16.5. The van der Waals surface area contributed by atoms with Crippen molar-refractivity contribution in [3.63, 3.8) is 0 Å². The molecular formula is C23H34N5O3+. The van der Waals surface area contributed by atoms with E-state index >= 15 is 0 Å². The second-order valence-corrected chi connectivity index (χ2v) is 8.66. The summed E-state index contributed by atoms with van der Waals surface area (Å²) >= 11 is 0. The topological polar surface area (TPSA) is 90.1 Å². The van der Waals surface area contributed by atoms with E-state index in [1.54, 1.807) is 11.9 Å². The number of anilines is 2. The Morgan fingerprint density at radius 3 is 2.42 bits per heavy atom. The van der Waals surface area contributed by atoms with Crippen molar-refractivity contribution in [3.05, 3.63) is 24.3 Å². The highest BCUT2D eigenvalue weighted by Gasteiger charge is 2.39. The molecule has 1 saturated carbocycles. The van der Waals surface area contributed by atoms with Crippen molar-refractivity contribution in [2.75, 3.05) is 63.7 Å². The zero-order chi connectivity index (χ0) is 22.3. The number of hydrogen-bond acceptors (Lipinski definition) is 5. The Hall–Kier alpha value is -2.63. The Morgan fingerprint density at radius 2 is 1.81 bits per heavy atom. The zero-order valence-electron chi connectivity index (χ0n) is 18.7. The summed E-state index contributed by atoms with van der Waals surface area (Å²) in [6.07, 6.45) is 4.52. The first kappa shape index (κ1) is 23.0. The van der Waals surface area contributed by atoms with Gasteiger partial charge in [0.25, 0.3) is 11.8 Å². The molecule has 2 amide bonds. The Labute approximate surface area is 184 Å². The first-order valence-corrected chi connectivity index (χ1v) is 11.2. The molecule has 0 aromatic heterocycles. The van der Waals surface area contributed by atoms with Gasteiger partial charge in [-0.05, 0) is 37.1 Å². The molecule has 168 valence electrons. The number of likely N-dealkylation sites (N-methyl/N-ethyl adjacent to an activating group) is 2. The molecule has 1 unspecified atom stereocenters. The van der Waals surface area contributed by atoms with E-state index in [9.17, 15) is 14.9 Å². The molecule has 1 aliphatic carbocycles. The molecule has 1 heterocycles. The molecule has 3 rings (SSSR count). The van der Waals surface area contributed by atoms with Crippen molar-refractivity contribution in [2.24, 2.45) is 0 Å². The summed E-state index contributed by atoms with van der Waals surface area (Å²) < 4.78 is 5.38. The summed E-state index contributed by atoms with van der Waals surface area (Å²) in [5.74, 6) is -0.233. The predicted octanol–water partition coefficient (Wildman–Crippen LogP) is 0.661. The maximum absolute atomic E-state index is 12.8. The number of amides is 2. The van der Waals surface area contributed by atoms with Crippen LogP contribution in [0.5, 0.6) is 0 Å². The van der Waals surface area contributed by atoms with Crippen LogP contribution in [0, 0.1) is 11.3 Å². The second kappa shape index (κ2) is 10.6. The Morgan fingerprint density at radius 1 is 1.16 bits per heavy atom. The minimum absolute atomic E-state index is 0.0939. The van der Waals surface area contributed by atoms with E-state index in [1.807, 2.05) is 31.3 Å². The minimum atomic E-state index is -0.694. The van der Waals surface area contributed by atoms with Gasteiger partial charge in [-0.15, -0.1) is 0 Å². The Kier molecular flexibility index (Phi) is 7.88. The van der Waals surface area contributed by atoms with Crippen LogP contribution in [0.25, 0.3) is 0 Å². The number of nitrogens with one attached hydrogen (secondary N) is 2. The van der Waals surface area contributed by atoms with Crippen molar-refractivity contribution in [2.45, 2.75) is 37.6 Å². The summed E-state index contributed by atoms with van der Waals surface area (Å²) in [7, 11) is 3.55. The second-order valence-electron chi connectivity index (χ2n) is 8.66. The molecule has 1 atom stereocenters. The number of morpholine rings is 1. The number of rotatable bonds is 7. The highest BCUT2D eigenvalue weighted by molar-refractivity contribution is 5.91. The molecule has 8 heteroatoms. The van der Waals surface area contributed by atoms with Crippen LogP contribution in [0.2, 0.25) is 0 Å². The summed E-state index contributed by atoms with van der Waals surface area (Å²) in [6, 6.07) is 10.2. The number of nitrogens with zero attached hydrogens (tertiary/aromatic N) is 3. The van der Waals surface area contributed by atoms with E-state index in [-0.39, 0.29) is 24.9 Å². The van der Waals surface area contributed by atoms with E-state index in [0.717, 1.165) is 74.7 Å². The third-order valence-corrected chi connectivity index (χ3v) is 6.35. The van der Waals surface area contributed by atoms with Crippen LogP contribution < -0.4 is 15.1 Å². The SMILES string of the molecule is CN(C(=O)C[NH+](C)CC(=O)Nc1ccc(N2CCOCC2)cc1)C1(C#N)CCCCC1. The van der Waals surface area contributed by atoms with Crippen LogP contribution in [0.1, 0.15) is 32.1 Å². The molecule has 2 N–H and O–H groups in total. The molecule has 0 spiro atoms. The number of benzene rings is 1. The monoisotopic (exact) mass is 428 g/mol. The minimum Gasteiger partial charge on any atom is -0.378 e. The Balaban J connectivity index is 1.47. The van der Waals surface area contributed by atoms with Crippen molar-refractivity contribution >= 4 is 23.2 Å². The third kappa shape index (κ3) is 5.96. The summed E-state index contributed by atoms with van der Waals surface area (Å²) in [5, 5.41) is 12.6. The van der Waals surface area contributed by atoms with E-state index in [4.69, 9.17) is 4.74 Å². The average Bonchev–Trinajstić information content (AvgIpc) is 2.79. The number of hydrogen-bond donors (Lipinski definition) is 2. The molecular weight excluding hydrogens is 394 g/mol. The average molecular weight is 429 g/mol. The van der Waals surface area contributed by atoms with E-state index in [2.05, 4.69) is 16.3 Å². The zero-order valence-corrected chi connectivity index (χ0v) is 18.7. The van der Waals surface area contributed by atoms with Gasteiger partial charge in [0.2, 0.25) is 0 Å². The summed E-state index contributed by atoms with van der Waals surface area (Å²) in [4.78, 5) is 29.9. The normalized spacial score (nSPS) is 19.2. The lowest BCUT2D eigenvalue weighted by molar-refractivity contribution is -0.862. The first-order chi connectivity index (χ1) is 14.9. The van der Waals surface area contributed by atoms with Gasteiger partial charge in [-0.2, -0.15) is 5.26 Å². The molecule has 8 nitrogen and oxygen atoms in total. The number of ether oxygens (including phenoxy) is 1. The van der Waals surface area contributed by atoms with Crippen molar-refractivity contribution < 1.29 is 19.2 Å². The van der Waals surface area contributed by atoms with Gasteiger partial charge >= 0.3 is 0 Å². The predicted molar refractivity (Wildman–Crippen MR) is 119 cm³/mol. The van der Waals surface area contributed by atoms with Crippen LogP contribution in [0.3, 0.4) is 0 Å². The fraction of sp³-hybridized carbons (Fsp3) is 0.609. The van der Waals surface area contributed by atoms with Crippen LogP contribution in [0.15, 0.2) is 24.3 Å². The lowest BCUT2D eigenvalue weighted by Gasteiger charge is -2.39. The highest BCUT2D eigenvalue weighted by Crippen LogP contribution is 2.32. The van der Waals surface area contributed by atoms with E-state index < -0.39 is 5.54 Å². The molecule has 1 saturated heterocycles. The van der Waals surface area contributed by atoms with Crippen LogP contribution in [-0.4, -0.2) is 75.7 Å². The van der Waals surface area contributed by atoms with Gasteiger partial charge in [-0.3, -0.25) is 9.59 Å². The van der Waals surface area contributed by atoms with Gasteiger partial charge in [-0.1, -0.05) is 19.3 Å². The third-order valence-electron chi connectivity index (χ3n) is 6.35. The Bertz CT molecular complexity index is 792. The summed E-state index contributed by atoms with van der Waals surface area (Å²) in [6.45, 7) is 3.58. The van der Waals surface area contributed by atoms with Gasteiger partial charge < -0.3 is 24.8 Å². The quantitative estimate of drug-likeness (QED) is 0.666. The largest absolute Gasteiger partial charge is 0.378 e. The molecule has 2 aliphatic rings. The number of carbonyl (C=O) groups excluding carboxylic acids is 2. The first-order valence-electron chi connectivity index (χ1n) is 11.2. The molecule has 1 aromatic carbocycles. The fourth-order valence-electron chi connectivity index (χ4n) is 4.39. The van der Waals surface area contributed by atoms with Crippen molar-refractivity contribution in [1.82, 2.24) is 4.90 Å². The smallest absolute Gasteiger partial charge is 0.279 e. The van der Waals surface area contributed by atoms with Gasteiger partial charge in [0, 0.05) is 31.5 Å². The number of quaternary nitrogens is 1. The lowest BCUT2D eigenvalue weighted by atomic mass is 9.81. The molecule has 1 aliphatic heterocycles. The van der Waals surface area contributed by atoms with Crippen LogP contribution in [0.4, 0.5) is 11.4 Å². The maximum atomic E-state index is 12.8. The van der Waals surface area contributed by atoms with E-state index in [1.165, 1.54) is 0 Å². The summed E-state index contributed by atoms with van der Waals surface area (Å²) in [5.41, 5.74) is 1.16. The van der Waals surface area contributed by atoms with E-state index in [0.29, 0.717) is 0 Å². The molecule has 0 bridgehead atoms. The van der Waals surface area contributed by atoms with Gasteiger partial charge in [0.05, 0.1) is 26.3 Å². The maximum Gasteiger partial charge on any atom is 0.279 e.